The Hall–Kier alpha value is -1.48. The quantitative estimate of drug-likeness (QED) is 0.657. The minimum Gasteiger partial charge on any atom is -0.462 e. The summed E-state index contributed by atoms with van der Waals surface area (Å²) >= 11 is 3.53. The first-order chi connectivity index (χ1) is 8.33. The number of hydrogen-bond donors (Lipinski definition) is 1. The molecule has 1 aliphatic carbocycles. The van der Waals surface area contributed by atoms with E-state index in [9.17, 15) is 0 Å². The molecule has 0 aliphatic heterocycles. The SMILES string of the molecule is Brc1ccc2[nH]c3c(c2c1)CCc1ccoc1-3. The molecule has 3 heteroatoms. The van der Waals surface area contributed by atoms with Crippen molar-refractivity contribution in [1.29, 1.82) is 0 Å². The highest BCUT2D eigenvalue weighted by molar-refractivity contribution is 9.10. The van der Waals surface area contributed by atoms with E-state index in [1.165, 1.54) is 22.0 Å². The molecule has 1 aliphatic rings. The Labute approximate surface area is 107 Å². The van der Waals surface area contributed by atoms with Gasteiger partial charge < -0.3 is 9.40 Å². The van der Waals surface area contributed by atoms with Crippen LogP contribution in [0.4, 0.5) is 0 Å². The maximum Gasteiger partial charge on any atom is 0.153 e. The van der Waals surface area contributed by atoms with Gasteiger partial charge in [-0.2, -0.15) is 0 Å². The number of fused-ring (bicyclic) bond motifs is 5. The van der Waals surface area contributed by atoms with Crippen LogP contribution in [0.5, 0.6) is 0 Å². The van der Waals surface area contributed by atoms with E-state index in [0.29, 0.717) is 0 Å². The summed E-state index contributed by atoms with van der Waals surface area (Å²) in [6.45, 7) is 0. The molecule has 0 spiro atoms. The monoisotopic (exact) mass is 287 g/mol. The summed E-state index contributed by atoms with van der Waals surface area (Å²) in [6, 6.07) is 8.42. The Kier molecular flexibility index (Phi) is 1.83. The summed E-state index contributed by atoms with van der Waals surface area (Å²) < 4.78 is 6.72. The zero-order valence-electron chi connectivity index (χ0n) is 9.09. The highest BCUT2D eigenvalue weighted by Gasteiger charge is 2.22. The molecule has 0 atom stereocenters. The smallest absolute Gasteiger partial charge is 0.153 e. The van der Waals surface area contributed by atoms with E-state index in [1.54, 1.807) is 6.26 Å². The lowest BCUT2D eigenvalue weighted by atomic mass is 9.94. The number of rotatable bonds is 0. The summed E-state index contributed by atoms with van der Waals surface area (Å²) in [5.41, 5.74) is 5.03. The van der Waals surface area contributed by atoms with Gasteiger partial charge in [0, 0.05) is 20.9 Å². The van der Waals surface area contributed by atoms with Crippen molar-refractivity contribution in [3.8, 4) is 11.5 Å². The van der Waals surface area contributed by atoms with E-state index >= 15 is 0 Å². The van der Waals surface area contributed by atoms with Crippen LogP contribution in [0.3, 0.4) is 0 Å². The van der Waals surface area contributed by atoms with Gasteiger partial charge in [-0.25, -0.2) is 0 Å². The van der Waals surface area contributed by atoms with Gasteiger partial charge in [-0.15, -0.1) is 0 Å². The molecule has 0 amide bonds. The van der Waals surface area contributed by atoms with Crippen molar-refractivity contribution in [1.82, 2.24) is 4.98 Å². The summed E-state index contributed by atoms with van der Waals surface area (Å²) in [5, 5.41) is 1.30. The van der Waals surface area contributed by atoms with Crippen LogP contribution in [0.25, 0.3) is 22.4 Å². The molecular weight excluding hydrogens is 278 g/mol. The topological polar surface area (TPSA) is 28.9 Å². The number of aromatic nitrogens is 1. The van der Waals surface area contributed by atoms with Crippen LogP contribution >= 0.6 is 15.9 Å². The van der Waals surface area contributed by atoms with Crippen molar-refractivity contribution in [3.63, 3.8) is 0 Å². The van der Waals surface area contributed by atoms with Gasteiger partial charge in [-0.1, -0.05) is 15.9 Å². The first-order valence-corrected chi connectivity index (χ1v) is 6.49. The van der Waals surface area contributed by atoms with Gasteiger partial charge in [0.1, 0.15) is 0 Å². The largest absolute Gasteiger partial charge is 0.462 e. The van der Waals surface area contributed by atoms with Crippen LogP contribution in [-0.2, 0) is 12.8 Å². The molecule has 1 aromatic carbocycles. The van der Waals surface area contributed by atoms with Gasteiger partial charge in [0.05, 0.1) is 12.0 Å². The number of H-pyrrole nitrogens is 1. The number of nitrogens with one attached hydrogen (secondary N) is 1. The maximum atomic E-state index is 5.60. The van der Waals surface area contributed by atoms with Gasteiger partial charge >= 0.3 is 0 Å². The second-order valence-corrected chi connectivity index (χ2v) is 5.36. The molecule has 0 saturated heterocycles. The highest BCUT2D eigenvalue weighted by Crippen LogP contribution is 2.38. The summed E-state index contributed by atoms with van der Waals surface area (Å²) in [4.78, 5) is 3.47. The Balaban J connectivity index is 2.10. The number of benzene rings is 1. The van der Waals surface area contributed by atoms with E-state index in [-0.39, 0.29) is 0 Å². The number of aryl methyl sites for hydroxylation is 2. The van der Waals surface area contributed by atoms with E-state index in [2.05, 4.69) is 45.2 Å². The Bertz CT molecular complexity index is 723. The third kappa shape index (κ3) is 1.26. The standard InChI is InChI=1S/C14H10BrNO/c15-9-2-4-12-11(7-9)10-3-1-8-5-6-17-14(8)13(10)16-12/h2,4-7,16H,1,3H2. The van der Waals surface area contributed by atoms with Crippen molar-refractivity contribution in [2.75, 3.05) is 0 Å². The molecule has 0 unspecified atom stereocenters. The minimum absolute atomic E-state index is 1.01. The van der Waals surface area contributed by atoms with Crippen LogP contribution in [0.15, 0.2) is 39.4 Å². The fourth-order valence-corrected chi connectivity index (χ4v) is 3.05. The second-order valence-electron chi connectivity index (χ2n) is 4.44. The van der Waals surface area contributed by atoms with Crippen molar-refractivity contribution >= 4 is 26.8 Å². The normalized spacial score (nSPS) is 13.7. The highest BCUT2D eigenvalue weighted by atomic mass is 79.9. The van der Waals surface area contributed by atoms with Gasteiger partial charge in [0.15, 0.2) is 5.76 Å². The van der Waals surface area contributed by atoms with Crippen molar-refractivity contribution in [3.05, 3.63) is 46.1 Å². The lowest BCUT2D eigenvalue weighted by Gasteiger charge is -2.10. The molecule has 0 saturated carbocycles. The zero-order valence-corrected chi connectivity index (χ0v) is 10.7. The fourth-order valence-electron chi connectivity index (χ4n) is 2.68. The average molecular weight is 288 g/mol. The lowest BCUT2D eigenvalue weighted by Crippen LogP contribution is -1.99. The Morgan fingerprint density at radius 2 is 2.12 bits per heavy atom. The van der Waals surface area contributed by atoms with Crippen LogP contribution in [0.1, 0.15) is 11.1 Å². The molecule has 0 bridgehead atoms. The predicted octanol–water partition coefficient (Wildman–Crippen LogP) is 4.29. The third-order valence-corrected chi connectivity index (χ3v) is 3.98. The number of halogens is 1. The third-order valence-electron chi connectivity index (χ3n) is 3.49. The molecule has 0 radical (unpaired) electrons. The summed E-state index contributed by atoms with van der Waals surface area (Å²) in [5.74, 6) is 1.01. The molecule has 3 aromatic rings. The van der Waals surface area contributed by atoms with Gasteiger partial charge in [-0.05, 0) is 42.7 Å². The maximum absolute atomic E-state index is 5.60. The van der Waals surface area contributed by atoms with Crippen molar-refractivity contribution < 1.29 is 4.42 Å². The van der Waals surface area contributed by atoms with E-state index < -0.39 is 0 Å². The Morgan fingerprint density at radius 3 is 3.06 bits per heavy atom. The summed E-state index contributed by atoms with van der Waals surface area (Å²) in [6.07, 6.45) is 3.93. The van der Waals surface area contributed by atoms with Crippen molar-refractivity contribution in [2.24, 2.45) is 0 Å². The zero-order chi connectivity index (χ0) is 11.4. The first kappa shape index (κ1) is 9.54. The van der Waals surface area contributed by atoms with Crippen molar-refractivity contribution in [2.45, 2.75) is 12.8 Å². The van der Waals surface area contributed by atoms with Crippen LogP contribution in [-0.4, -0.2) is 4.98 Å². The van der Waals surface area contributed by atoms with Gasteiger partial charge in [0.2, 0.25) is 0 Å². The van der Waals surface area contributed by atoms with Crippen LogP contribution in [0.2, 0.25) is 0 Å². The number of aromatic amines is 1. The minimum atomic E-state index is 1.01. The van der Waals surface area contributed by atoms with Gasteiger partial charge in [-0.3, -0.25) is 0 Å². The molecular formula is C14H10BrNO. The number of furan rings is 1. The first-order valence-electron chi connectivity index (χ1n) is 5.70. The predicted molar refractivity (Wildman–Crippen MR) is 71.1 cm³/mol. The van der Waals surface area contributed by atoms with E-state index in [1.807, 2.05) is 0 Å². The molecule has 17 heavy (non-hydrogen) atoms. The van der Waals surface area contributed by atoms with E-state index in [4.69, 9.17) is 4.42 Å². The second kappa shape index (κ2) is 3.26. The molecule has 2 heterocycles. The molecule has 0 fully saturated rings. The van der Waals surface area contributed by atoms with Crippen LogP contribution in [0, 0.1) is 0 Å². The molecule has 2 aromatic heterocycles. The average Bonchev–Trinajstić information content (AvgIpc) is 2.91. The van der Waals surface area contributed by atoms with Crippen LogP contribution < -0.4 is 0 Å². The molecule has 2 nitrogen and oxygen atoms in total. The molecule has 84 valence electrons. The fraction of sp³-hybridized carbons (Fsp3) is 0.143. The number of hydrogen-bond acceptors (Lipinski definition) is 1. The summed E-state index contributed by atoms with van der Waals surface area (Å²) in [7, 11) is 0. The molecule has 4 rings (SSSR count). The lowest BCUT2D eigenvalue weighted by molar-refractivity contribution is 0.574. The molecule has 1 N–H and O–H groups in total. The van der Waals surface area contributed by atoms with Gasteiger partial charge in [0.25, 0.3) is 0 Å². The Morgan fingerprint density at radius 1 is 1.18 bits per heavy atom. The van der Waals surface area contributed by atoms with E-state index in [0.717, 1.165) is 28.8 Å².